The van der Waals surface area contributed by atoms with Gasteiger partial charge < -0.3 is 15.2 Å². The predicted octanol–water partition coefficient (Wildman–Crippen LogP) is 2.41. The van der Waals surface area contributed by atoms with Gasteiger partial charge in [0.15, 0.2) is 0 Å². The molecule has 1 aromatic heterocycles. The Morgan fingerprint density at radius 1 is 1.18 bits per heavy atom. The molecule has 17 heavy (non-hydrogen) atoms. The van der Waals surface area contributed by atoms with Gasteiger partial charge in [0.25, 0.3) is 0 Å². The summed E-state index contributed by atoms with van der Waals surface area (Å²) in [5.41, 5.74) is 0.864. The summed E-state index contributed by atoms with van der Waals surface area (Å²) >= 11 is 0. The minimum atomic E-state index is 0.0411. The van der Waals surface area contributed by atoms with Crippen LogP contribution in [0.2, 0.25) is 0 Å². The number of pyridine rings is 1. The highest BCUT2D eigenvalue weighted by Crippen LogP contribution is 2.22. The van der Waals surface area contributed by atoms with Gasteiger partial charge in [0.1, 0.15) is 17.3 Å². The van der Waals surface area contributed by atoms with Crippen LogP contribution in [-0.2, 0) is 6.61 Å². The number of nitrogens with zero attached hydrogens (tertiary/aromatic N) is 1. The number of nitrogens with one attached hydrogen (secondary N) is 1. The summed E-state index contributed by atoms with van der Waals surface area (Å²) in [5.74, 6) is 2.21. The molecule has 0 amide bonds. The Kier molecular flexibility index (Phi) is 3.57. The van der Waals surface area contributed by atoms with Crippen molar-refractivity contribution in [1.82, 2.24) is 4.98 Å². The Morgan fingerprint density at radius 2 is 1.94 bits per heavy atom. The molecule has 1 aromatic carbocycles. The van der Waals surface area contributed by atoms with Gasteiger partial charge in [-0.05, 0) is 23.8 Å². The maximum absolute atomic E-state index is 8.93. The molecule has 4 nitrogen and oxygen atoms in total. The smallest absolute Gasteiger partial charge is 0.132 e. The predicted molar refractivity (Wildman–Crippen MR) is 66.2 cm³/mol. The quantitative estimate of drug-likeness (QED) is 0.846. The standard InChI is InChI=1S/C13H14N2O2/c1-14-13-8-12(6-7-15-13)17-11-4-2-10(9-16)3-5-11/h2-8,16H,9H2,1H3,(H,14,15). The first-order valence-electron chi connectivity index (χ1n) is 5.33. The van der Waals surface area contributed by atoms with E-state index in [-0.39, 0.29) is 6.61 Å². The highest BCUT2D eigenvalue weighted by atomic mass is 16.5. The Bertz CT molecular complexity index is 483. The van der Waals surface area contributed by atoms with Crippen LogP contribution in [0.15, 0.2) is 42.6 Å². The molecule has 0 fully saturated rings. The number of rotatable bonds is 4. The molecule has 0 spiro atoms. The Morgan fingerprint density at radius 3 is 2.59 bits per heavy atom. The molecule has 0 aliphatic carbocycles. The van der Waals surface area contributed by atoms with E-state index in [1.165, 1.54) is 0 Å². The highest BCUT2D eigenvalue weighted by Gasteiger charge is 1.99. The average Bonchev–Trinajstić information content (AvgIpc) is 2.40. The van der Waals surface area contributed by atoms with Crippen molar-refractivity contribution in [3.63, 3.8) is 0 Å². The van der Waals surface area contributed by atoms with E-state index in [1.807, 2.05) is 37.4 Å². The topological polar surface area (TPSA) is 54.4 Å². The van der Waals surface area contributed by atoms with Gasteiger partial charge in [0.05, 0.1) is 6.61 Å². The molecule has 2 aromatic rings. The van der Waals surface area contributed by atoms with Crippen molar-refractivity contribution in [3.05, 3.63) is 48.2 Å². The van der Waals surface area contributed by atoms with E-state index in [4.69, 9.17) is 9.84 Å². The van der Waals surface area contributed by atoms with Gasteiger partial charge in [0, 0.05) is 19.3 Å². The first-order valence-corrected chi connectivity index (χ1v) is 5.33. The lowest BCUT2D eigenvalue weighted by Crippen LogP contribution is -1.92. The number of ether oxygens (including phenoxy) is 1. The molecule has 2 rings (SSSR count). The molecular weight excluding hydrogens is 216 g/mol. The lowest BCUT2D eigenvalue weighted by atomic mass is 10.2. The summed E-state index contributed by atoms with van der Waals surface area (Å²) in [6, 6.07) is 10.9. The lowest BCUT2D eigenvalue weighted by molar-refractivity contribution is 0.281. The Balaban J connectivity index is 2.13. The van der Waals surface area contributed by atoms with E-state index < -0.39 is 0 Å². The third kappa shape index (κ3) is 2.95. The van der Waals surface area contributed by atoms with Gasteiger partial charge in [-0.3, -0.25) is 0 Å². The van der Waals surface area contributed by atoms with Gasteiger partial charge in [-0.25, -0.2) is 4.98 Å². The monoisotopic (exact) mass is 230 g/mol. The minimum absolute atomic E-state index is 0.0411. The van der Waals surface area contributed by atoms with Gasteiger partial charge in [-0.1, -0.05) is 12.1 Å². The number of aromatic nitrogens is 1. The summed E-state index contributed by atoms with van der Waals surface area (Å²) in [5, 5.41) is 11.9. The number of aliphatic hydroxyl groups excluding tert-OH is 1. The molecule has 0 unspecified atom stereocenters. The van der Waals surface area contributed by atoms with Crippen LogP contribution in [0.5, 0.6) is 11.5 Å². The van der Waals surface area contributed by atoms with Crippen molar-refractivity contribution >= 4 is 5.82 Å². The largest absolute Gasteiger partial charge is 0.457 e. The fourth-order valence-electron chi connectivity index (χ4n) is 1.41. The summed E-state index contributed by atoms with van der Waals surface area (Å²) in [4.78, 5) is 4.10. The number of hydrogen-bond acceptors (Lipinski definition) is 4. The molecule has 0 bridgehead atoms. The molecule has 1 heterocycles. The number of aliphatic hydroxyl groups is 1. The third-order valence-corrected chi connectivity index (χ3v) is 2.33. The van der Waals surface area contributed by atoms with Crippen molar-refractivity contribution in [2.75, 3.05) is 12.4 Å². The minimum Gasteiger partial charge on any atom is -0.457 e. The van der Waals surface area contributed by atoms with Crippen LogP contribution >= 0.6 is 0 Å². The lowest BCUT2D eigenvalue weighted by Gasteiger charge is -2.07. The van der Waals surface area contributed by atoms with E-state index in [1.54, 1.807) is 12.3 Å². The van der Waals surface area contributed by atoms with Gasteiger partial charge in [-0.2, -0.15) is 0 Å². The van der Waals surface area contributed by atoms with Crippen molar-refractivity contribution in [3.8, 4) is 11.5 Å². The van der Waals surface area contributed by atoms with Crippen molar-refractivity contribution in [2.45, 2.75) is 6.61 Å². The van der Waals surface area contributed by atoms with Gasteiger partial charge >= 0.3 is 0 Å². The number of benzene rings is 1. The fraction of sp³-hybridized carbons (Fsp3) is 0.154. The SMILES string of the molecule is CNc1cc(Oc2ccc(CO)cc2)ccn1. The van der Waals surface area contributed by atoms with Crippen molar-refractivity contribution in [1.29, 1.82) is 0 Å². The van der Waals surface area contributed by atoms with Crippen LogP contribution in [0.1, 0.15) is 5.56 Å². The Labute approximate surface area is 99.9 Å². The first kappa shape index (κ1) is 11.4. The number of anilines is 1. The zero-order chi connectivity index (χ0) is 12.1. The van der Waals surface area contributed by atoms with E-state index in [0.717, 1.165) is 22.9 Å². The second-order valence-corrected chi connectivity index (χ2v) is 3.53. The van der Waals surface area contributed by atoms with Crippen LogP contribution in [0.4, 0.5) is 5.82 Å². The van der Waals surface area contributed by atoms with Gasteiger partial charge in [0.2, 0.25) is 0 Å². The van der Waals surface area contributed by atoms with E-state index in [2.05, 4.69) is 10.3 Å². The van der Waals surface area contributed by atoms with Crippen LogP contribution in [0.3, 0.4) is 0 Å². The van der Waals surface area contributed by atoms with E-state index in [9.17, 15) is 0 Å². The molecule has 0 saturated carbocycles. The molecule has 0 aliphatic rings. The average molecular weight is 230 g/mol. The molecule has 88 valence electrons. The van der Waals surface area contributed by atoms with Crippen LogP contribution in [0.25, 0.3) is 0 Å². The number of hydrogen-bond donors (Lipinski definition) is 2. The maximum Gasteiger partial charge on any atom is 0.132 e. The second kappa shape index (κ2) is 5.32. The van der Waals surface area contributed by atoms with Crippen molar-refractivity contribution < 1.29 is 9.84 Å². The molecule has 0 aliphatic heterocycles. The third-order valence-electron chi connectivity index (χ3n) is 2.33. The van der Waals surface area contributed by atoms with Crippen LogP contribution in [-0.4, -0.2) is 17.1 Å². The van der Waals surface area contributed by atoms with E-state index >= 15 is 0 Å². The molecule has 0 saturated heterocycles. The highest BCUT2D eigenvalue weighted by molar-refractivity contribution is 5.42. The molecule has 2 N–H and O–H groups in total. The summed E-state index contributed by atoms with van der Waals surface area (Å²) < 4.78 is 5.66. The zero-order valence-electron chi connectivity index (χ0n) is 9.55. The summed E-state index contributed by atoms with van der Waals surface area (Å²) in [7, 11) is 1.81. The molecule has 0 atom stereocenters. The van der Waals surface area contributed by atoms with Crippen LogP contribution in [0, 0.1) is 0 Å². The molecular formula is C13H14N2O2. The normalized spacial score (nSPS) is 10.0. The first-order chi connectivity index (χ1) is 8.31. The fourth-order valence-corrected chi connectivity index (χ4v) is 1.41. The summed E-state index contributed by atoms with van der Waals surface area (Å²) in [6.45, 7) is 0.0411. The maximum atomic E-state index is 8.93. The molecule has 0 radical (unpaired) electrons. The zero-order valence-corrected chi connectivity index (χ0v) is 9.55. The van der Waals surface area contributed by atoms with Crippen molar-refractivity contribution in [2.24, 2.45) is 0 Å². The van der Waals surface area contributed by atoms with Gasteiger partial charge in [-0.15, -0.1) is 0 Å². The second-order valence-electron chi connectivity index (χ2n) is 3.53. The van der Waals surface area contributed by atoms with E-state index in [0.29, 0.717) is 0 Å². The van der Waals surface area contributed by atoms with Crippen LogP contribution < -0.4 is 10.1 Å². The summed E-state index contributed by atoms with van der Waals surface area (Å²) in [6.07, 6.45) is 1.68. The Hall–Kier alpha value is -2.07. The molecule has 4 heteroatoms.